The van der Waals surface area contributed by atoms with Gasteiger partial charge in [0, 0.05) is 13.0 Å². The van der Waals surface area contributed by atoms with Gasteiger partial charge in [0.05, 0.1) is 11.5 Å². The van der Waals surface area contributed by atoms with Crippen LogP contribution in [0.3, 0.4) is 0 Å². The molecule has 19 heavy (non-hydrogen) atoms. The second kappa shape index (κ2) is 7.41. The van der Waals surface area contributed by atoms with E-state index in [4.69, 9.17) is 4.74 Å². The molecule has 1 aromatic carbocycles. The highest BCUT2D eigenvalue weighted by Crippen LogP contribution is 2.34. The first-order chi connectivity index (χ1) is 9.06. The molecular formula is C14H20N2O3. The van der Waals surface area contributed by atoms with E-state index in [2.05, 4.69) is 11.9 Å². The molecule has 0 aromatic heterocycles. The first-order valence-electron chi connectivity index (χ1n) is 6.34. The first kappa shape index (κ1) is 15.0. The summed E-state index contributed by atoms with van der Waals surface area (Å²) >= 11 is 0. The quantitative estimate of drug-likeness (QED) is 0.441. The summed E-state index contributed by atoms with van der Waals surface area (Å²) in [7, 11) is 0. The topological polar surface area (TPSA) is 64.4 Å². The largest absolute Gasteiger partial charge is 0.486 e. The predicted octanol–water partition coefficient (Wildman–Crippen LogP) is 3.76. The molecule has 104 valence electrons. The maximum Gasteiger partial charge on any atom is 0.333 e. The van der Waals surface area contributed by atoms with Crippen LogP contribution in [-0.4, -0.2) is 18.1 Å². The van der Waals surface area contributed by atoms with Crippen LogP contribution in [0.25, 0.3) is 0 Å². The third-order valence-electron chi connectivity index (χ3n) is 2.53. The summed E-state index contributed by atoms with van der Waals surface area (Å²) < 4.78 is 5.49. The maximum absolute atomic E-state index is 11.2. The van der Waals surface area contributed by atoms with E-state index in [1.165, 1.54) is 0 Å². The van der Waals surface area contributed by atoms with Crippen molar-refractivity contribution in [3.05, 3.63) is 40.5 Å². The van der Waals surface area contributed by atoms with Gasteiger partial charge in [-0.25, -0.2) is 0 Å². The fourth-order valence-electron chi connectivity index (χ4n) is 1.56. The van der Waals surface area contributed by atoms with Crippen LogP contribution in [0, 0.1) is 10.1 Å². The van der Waals surface area contributed by atoms with E-state index in [-0.39, 0.29) is 5.69 Å². The van der Waals surface area contributed by atoms with Gasteiger partial charge in [0.15, 0.2) is 5.75 Å². The number of hydrogen-bond donors (Lipinski definition) is 1. The second-order valence-corrected chi connectivity index (χ2v) is 4.39. The second-order valence-electron chi connectivity index (χ2n) is 4.39. The van der Waals surface area contributed by atoms with Crippen LogP contribution in [0.4, 0.5) is 11.4 Å². The van der Waals surface area contributed by atoms with Gasteiger partial charge in [-0.05, 0) is 25.5 Å². The molecule has 0 spiro atoms. The smallest absolute Gasteiger partial charge is 0.333 e. The molecule has 0 aliphatic rings. The summed E-state index contributed by atoms with van der Waals surface area (Å²) in [5.41, 5.74) is 1.49. The number of para-hydroxylation sites is 1. The van der Waals surface area contributed by atoms with Gasteiger partial charge in [-0.2, -0.15) is 0 Å². The Labute approximate surface area is 113 Å². The highest BCUT2D eigenvalue weighted by atomic mass is 16.6. The van der Waals surface area contributed by atoms with Crippen LogP contribution in [0.15, 0.2) is 30.4 Å². The lowest BCUT2D eigenvalue weighted by molar-refractivity contribution is -0.385. The summed E-state index contributed by atoms with van der Waals surface area (Å²) in [6.45, 7) is 8.77. The van der Waals surface area contributed by atoms with Gasteiger partial charge < -0.3 is 10.1 Å². The molecule has 0 bridgehead atoms. The number of benzene rings is 1. The highest BCUT2D eigenvalue weighted by Gasteiger charge is 2.20. The van der Waals surface area contributed by atoms with Crippen LogP contribution >= 0.6 is 0 Å². The van der Waals surface area contributed by atoms with Gasteiger partial charge in [-0.1, -0.05) is 18.6 Å². The number of anilines is 1. The minimum absolute atomic E-state index is 0.00216. The summed E-state index contributed by atoms with van der Waals surface area (Å²) in [6, 6.07) is 5.06. The van der Waals surface area contributed by atoms with Crippen molar-refractivity contribution in [2.24, 2.45) is 0 Å². The average Bonchev–Trinajstić information content (AvgIpc) is 2.35. The van der Waals surface area contributed by atoms with E-state index in [1.54, 1.807) is 18.2 Å². The van der Waals surface area contributed by atoms with E-state index in [9.17, 15) is 10.1 Å². The molecule has 0 radical (unpaired) electrons. The van der Waals surface area contributed by atoms with Crippen molar-refractivity contribution in [1.29, 1.82) is 0 Å². The molecule has 1 aromatic rings. The zero-order valence-corrected chi connectivity index (χ0v) is 11.4. The normalized spacial score (nSPS) is 10.0. The molecular weight excluding hydrogens is 244 g/mol. The van der Waals surface area contributed by atoms with Crippen LogP contribution in [0.5, 0.6) is 5.75 Å². The molecule has 0 aliphatic heterocycles. The lowest BCUT2D eigenvalue weighted by Gasteiger charge is -2.10. The molecule has 5 nitrogen and oxygen atoms in total. The van der Waals surface area contributed by atoms with Crippen molar-refractivity contribution in [3.63, 3.8) is 0 Å². The molecule has 0 aliphatic carbocycles. The van der Waals surface area contributed by atoms with Crippen LogP contribution < -0.4 is 10.1 Å². The Kier molecular flexibility index (Phi) is 5.85. The first-order valence-corrected chi connectivity index (χ1v) is 6.34. The Morgan fingerprint density at radius 3 is 2.84 bits per heavy atom. The zero-order valence-electron chi connectivity index (χ0n) is 11.4. The molecule has 0 saturated carbocycles. The fraction of sp³-hybridized carbons (Fsp3) is 0.429. The van der Waals surface area contributed by atoms with Gasteiger partial charge in [0.2, 0.25) is 0 Å². The molecule has 0 amide bonds. The third-order valence-corrected chi connectivity index (χ3v) is 2.53. The van der Waals surface area contributed by atoms with Crippen molar-refractivity contribution in [2.45, 2.75) is 26.7 Å². The zero-order chi connectivity index (χ0) is 14.3. The van der Waals surface area contributed by atoms with Crippen LogP contribution in [0.1, 0.15) is 26.7 Å². The van der Waals surface area contributed by atoms with E-state index < -0.39 is 4.92 Å². The van der Waals surface area contributed by atoms with E-state index >= 15 is 0 Å². The summed E-state index contributed by atoms with van der Waals surface area (Å²) in [6.07, 6.45) is 1.58. The number of hydrogen-bond acceptors (Lipinski definition) is 4. The Hall–Kier alpha value is -2.04. The number of nitrogens with zero attached hydrogens (tertiary/aromatic N) is 1. The van der Waals surface area contributed by atoms with Crippen molar-refractivity contribution < 1.29 is 9.66 Å². The minimum Gasteiger partial charge on any atom is -0.486 e. The Morgan fingerprint density at radius 2 is 2.26 bits per heavy atom. The van der Waals surface area contributed by atoms with Gasteiger partial charge in [-0.15, -0.1) is 6.58 Å². The fourth-order valence-corrected chi connectivity index (χ4v) is 1.56. The van der Waals surface area contributed by atoms with Crippen LogP contribution in [0.2, 0.25) is 0 Å². The molecule has 0 saturated heterocycles. The molecule has 1 N–H and O–H groups in total. The number of rotatable bonds is 8. The minimum atomic E-state index is -0.409. The van der Waals surface area contributed by atoms with Crippen LogP contribution in [-0.2, 0) is 0 Å². The molecule has 0 unspecified atom stereocenters. The molecule has 0 fully saturated rings. The number of nitro benzene ring substituents is 1. The van der Waals surface area contributed by atoms with E-state index in [1.807, 2.05) is 13.8 Å². The van der Waals surface area contributed by atoms with Gasteiger partial charge in [-0.3, -0.25) is 10.1 Å². The molecule has 5 heteroatoms. The third kappa shape index (κ3) is 4.62. The molecule has 0 heterocycles. The summed E-state index contributed by atoms with van der Waals surface area (Å²) in [5.74, 6) is 0.298. The molecule has 1 rings (SSSR count). The Bertz CT molecular complexity index is 458. The van der Waals surface area contributed by atoms with Gasteiger partial charge in [0.25, 0.3) is 0 Å². The van der Waals surface area contributed by atoms with Crippen molar-refractivity contribution >= 4 is 11.4 Å². The molecule has 0 atom stereocenters. The number of ether oxygens (including phenoxy) is 1. The van der Waals surface area contributed by atoms with Gasteiger partial charge >= 0.3 is 5.69 Å². The Balaban J connectivity index is 2.89. The van der Waals surface area contributed by atoms with Crippen molar-refractivity contribution in [3.8, 4) is 5.75 Å². The highest BCUT2D eigenvalue weighted by molar-refractivity contribution is 5.68. The Morgan fingerprint density at radius 1 is 1.53 bits per heavy atom. The van der Waals surface area contributed by atoms with Crippen molar-refractivity contribution in [1.82, 2.24) is 0 Å². The van der Waals surface area contributed by atoms with E-state index in [0.717, 1.165) is 12.0 Å². The lowest BCUT2D eigenvalue weighted by atomic mass is 10.2. The van der Waals surface area contributed by atoms with Gasteiger partial charge in [0.1, 0.15) is 5.69 Å². The maximum atomic E-state index is 11.2. The standard InChI is InChI=1S/C14H20N2O3/c1-4-9-15-12-6-5-7-13(14(12)16(17)18)19-10-8-11(2)3/h5-7,15H,2,4,8-10H2,1,3H3. The average molecular weight is 264 g/mol. The summed E-state index contributed by atoms with van der Waals surface area (Å²) in [4.78, 5) is 10.8. The lowest BCUT2D eigenvalue weighted by Crippen LogP contribution is -2.06. The van der Waals surface area contributed by atoms with Crippen molar-refractivity contribution in [2.75, 3.05) is 18.5 Å². The number of nitro groups is 1. The monoisotopic (exact) mass is 264 g/mol. The summed E-state index contributed by atoms with van der Waals surface area (Å²) in [5, 5.41) is 14.2. The SMILES string of the molecule is C=C(C)CCOc1cccc(NCCC)c1[N+](=O)[O-]. The predicted molar refractivity (Wildman–Crippen MR) is 76.8 cm³/mol. The van der Waals surface area contributed by atoms with E-state index in [0.29, 0.717) is 31.0 Å². The number of nitrogens with one attached hydrogen (secondary N) is 1.